The van der Waals surface area contributed by atoms with Crippen molar-refractivity contribution in [2.75, 3.05) is 20.1 Å². The predicted octanol–water partition coefficient (Wildman–Crippen LogP) is 2.02. The summed E-state index contributed by atoms with van der Waals surface area (Å²) in [5.41, 5.74) is 7.02. The number of hydrogen-bond acceptors (Lipinski definition) is 4. The van der Waals surface area contributed by atoms with Gasteiger partial charge in [-0.3, -0.25) is 4.79 Å². The standard InChI is InChI=1S/C16H24N2O3/c1-18-10-4-5-12(11-18)21-15-7-3-2-6-13(15)14(17)8-9-16(19)20/h2-3,6-7,12,14H,4-5,8-11,17H2,1H3,(H,19,20). The Morgan fingerprint density at radius 2 is 2.29 bits per heavy atom. The van der Waals surface area contributed by atoms with Crippen LogP contribution in [0.2, 0.25) is 0 Å². The SMILES string of the molecule is CN1CCCC(Oc2ccccc2C(N)CCC(=O)O)C1. The van der Waals surface area contributed by atoms with E-state index in [9.17, 15) is 4.79 Å². The average molecular weight is 292 g/mol. The highest BCUT2D eigenvalue weighted by Gasteiger charge is 2.21. The first kappa shape index (κ1) is 15.8. The number of carbonyl (C=O) groups is 1. The number of likely N-dealkylation sites (N-methyl/N-ethyl adjacent to an activating group) is 1. The van der Waals surface area contributed by atoms with Gasteiger partial charge in [0.2, 0.25) is 0 Å². The molecular formula is C16H24N2O3. The van der Waals surface area contributed by atoms with Gasteiger partial charge in [0.05, 0.1) is 0 Å². The third-order valence-corrected chi connectivity index (χ3v) is 3.86. The van der Waals surface area contributed by atoms with Gasteiger partial charge >= 0.3 is 5.97 Å². The molecule has 1 saturated heterocycles. The highest BCUT2D eigenvalue weighted by molar-refractivity contribution is 5.66. The summed E-state index contributed by atoms with van der Waals surface area (Å²) in [5, 5.41) is 8.78. The molecule has 0 aromatic heterocycles. The Hall–Kier alpha value is -1.59. The zero-order chi connectivity index (χ0) is 15.2. The van der Waals surface area contributed by atoms with Crippen molar-refractivity contribution in [1.82, 2.24) is 4.90 Å². The van der Waals surface area contributed by atoms with Crippen molar-refractivity contribution in [2.45, 2.75) is 37.8 Å². The fourth-order valence-electron chi connectivity index (χ4n) is 2.72. The fraction of sp³-hybridized carbons (Fsp3) is 0.562. The molecule has 0 radical (unpaired) electrons. The summed E-state index contributed by atoms with van der Waals surface area (Å²) >= 11 is 0. The van der Waals surface area contributed by atoms with Gasteiger partial charge in [0.15, 0.2) is 0 Å². The largest absolute Gasteiger partial charge is 0.489 e. The van der Waals surface area contributed by atoms with Crippen LogP contribution in [-0.2, 0) is 4.79 Å². The Morgan fingerprint density at radius 3 is 3.00 bits per heavy atom. The molecule has 3 N–H and O–H groups in total. The zero-order valence-electron chi connectivity index (χ0n) is 12.5. The number of ether oxygens (including phenoxy) is 1. The zero-order valence-corrected chi connectivity index (χ0v) is 12.5. The first-order valence-electron chi connectivity index (χ1n) is 7.47. The molecule has 0 saturated carbocycles. The van der Waals surface area contributed by atoms with E-state index in [-0.39, 0.29) is 18.6 Å². The fourth-order valence-corrected chi connectivity index (χ4v) is 2.72. The number of likely N-dealkylation sites (tertiary alicyclic amines) is 1. The molecule has 0 spiro atoms. The summed E-state index contributed by atoms with van der Waals surface area (Å²) < 4.78 is 6.12. The molecule has 1 heterocycles. The van der Waals surface area contributed by atoms with Gasteiger partial charge in [-0.05, 0) is 38.9 Å². The number of nitrogens with two attached hydrogens (primary N) is 1. The first-order valence-corrected chi connectivity index (χ1v) is 7.47. The number of hydrogen-bond donors (Lipinski definition) is 2. The van der Waals surface area contributed by atoms with Gasteiger partial charge in [-0.1, -0.05) is 18.2 Å². The van der Waals surface area contributed by atoms with E-state index in [4.69, 9.17) is 15.6 Å². The van der Waals surface area contributed by atoms with Gasteiger partial charge in [0.25, 0.3) is 0 Å². The van der Waals surface area contributed by atoms with Gasteiger partial charge < -0.3 is 20.5 Å². The average Bonchev–Trinajstić information content (AvgIpc) is 2.45. The molecule has 2 rings (SSSR count). The smallest absolute Gasteiger partial charge is 0.303 e. The summed E-state index contributed by atoms with van der Waals surface area (Å²) in [6, 6.07) is 7.38. The summed E-state index contributed by atoms with van der Waals surface area (Å²) in [6.45, 7) is 2.03. The maximum absolute atomic E-state index is 10.7. The Morgan fingerprint density at radius 1 is 1.52 bits per heavy atom. The maximum atomic E-state index is 10.7. The van der Waals surface area contributed by atoms with Crippen LogP contribution < -0.4 is 10.5 Å². The molecule has 2 unspecified atom stereocenters. The van der Waals surface area contributed by atoms with Crippen LogP contribution in [0.1, 0.15) is 37.3 Å². The van der Waals surface area contributed by atoms with Gasteiger partial charge in [-0.15, -0.1) is 0 Å². The van der Waals surface area contributed by atoms with Crippen LogP contribution in [0.25, 0.3) is 0 Å². The highest BCUT2D eigenvalue weighted by atomic mass is 16.5. The van der Waals surface area contributed by atoms with Crippen molar-refractivity contribution in [3.8, 4) is 5.75 Å². The van der Waals surface area contributed by atoms with E-state index in [1.807, 2.05) is 24.3 Å². The molecule has 1 aromatic rings. The lowest BCUT2D eigenvalue weighted by molar-refractivity contribution is -0.137. The lowest BCUT2D eigenvalue weighted by atomic mass is 10.0. The molecular weight excluding hydrogens is 268 g/mol. The molecule has 0 aliphatic carbocycles. The van der Waals surface area contributed by atoms with Crippen molar-refractivity contribution in [3.63, 3.8) is 0 Å². The van der Waals surface area contributed by atoms with Crippen LogP contribution in [0, 0.1) is 0 Å². The third kappa shape index (κ3) is 4.72. The second-order valence-corrected chi connectivity index (χ2v) is 5.72. The summed E-state index contributed by atoms with van der Waals surface area (Å²) in [4.78, 5) is 12.9. The molecule has 5 nitrogen and oxygen atoms in total. The molecule has 116 valence electrons. The minimum Gasteiger partial charge on any atom is -0.489 e. The van der Waals surface area contributed by atoms with Gasteiger partial charge in [-0.2, -0.15) is 0 Å². The maximum Gasteiger partial charge on any atom is 0.303 e. The molecule has 2 atom stereocenters. The van der Waals surface area contributed by atoms with E-state index in [0.717, 1.165) is 37.2 Å². The van der Waals surface area contributed by atoms with Crippen LogP contribution in [0.4, 0.5) is 0 Å². The number of nitrogens with zero attached hydrogens (tertiary/aromatic N) is 1. The van der Waals surface area contributed by atoms with Crippen LogP contribution in [0.15, 0.2) is 24.3 Å². The molecule has 21 heavy (non-hydrogen) atoms. The summed E-state index contributed by atoms with van der Waals surface area (Å²) in [6.07, 6.45) is 2.84. The Bertz CT molecular complexity index is 478. The monoisotopic (exact) mass is 292 g/mol. The molecule has 1 aromatic carbocycles. The molecule has 0 bridgehead atoms. The second-order valence-electron chi connectivity index (χ2n) is 5.72. The highest BCUT2D eigenvalue weighted by Crippen LogP contribution is 2.28. The van der Waals surface area contributed by atoms with Gasteiger partial charge in [-0.25, -0.2) is 0 Å². The van der Waals surface area contributed by atoms with Crippen LogP contribution in [0.5, 0.6) is 5.75 Å². The quantitative estimate of drug-likeness (QED) is 0.839. The lowest BCUT2D eigenvalue weighted by Crippen LogP contribution is -2.38. The van der Waals surface area contributed by atoms with Crippen molar-refractivity contribution in [1.29, 1.82) is 0 Å². The van der Waals surface area contributed by atoms with Crippen LogP contribution in [-0.4, -0.2) is 42.2 Å². The van der Waals surface area contributed by atoms with Crippen LogP contribution >= 0.6 is 0 Å². The number of aliphatic carboxylic acids is 1. The summed E-state index contributed by atoms with van der Waals surface area (Å²) in [7, 11) is 2.10. The molecule has 1 aliphatic rings. The van der Waals surface area contributed by atoms with Crippen molar-refractivity contribution in [3.05, 3.63) is 29.8 Å². The number of benzene rings is 1. The molecule has 1 fully saturated rings. The molecule has 1 aliphatic heterocycles. The first-order chi connectivity index (χ1) is 10.1. The topological polar surface area (TPSA) is 75.8 Å². The normalized spacial score (nSPS) is 21.0. The number of rotatable bonds is 6. The van der Waals surface area contributed by atoms with E-state index in [1.54, 1.807) is 0 Å². The van der Waals surface area contributed by atoms with Crippen LogP contribution in [0.3, 0.4) is 0 Å². The van der Waals surface area contributed by atoms with E-state index >= 15 is 0 Å². The lowest BCUT2D eigenvalue weighted by Gasteiger charge is -2.31. The van der Waals surface area contributed by atoms with E-state index in [1.165, 1.54) is 0 Å². The minimum absolute atomic E-state index is 0.0711. The Balaban J connectivity index is 2.03. The number of carboxylic acids is 1. The second kappa shape index (κ2) is 7.43. The van der Waals surface area contributed by atoms with Crippen molar-refractivity contribution < 1.29 is 14.6 Å². The molecule has 5 heteroatoms. The Kier molecular flexibility index (Phi) is 5.59. The number of piperidine rings is 1. The Labute approximate surface area is 125 Å². The van der Waals surface area contributed by atoms with E-state index in [0.29, 0.717) is 6.42 Å². The third-order valence-electron chi connectivity index (χ3n) is 3.86. The van der Waals surface area contributed by atoms with Gasteiger partial charge in [0.1, 0.15) is 11.9 Å². The van der Waals surface area contributed by atoms with E-state index in [2.05, 4.69) is 11.9 Å². The summed E-state index contributed by atoms with van der Waals surface area (Å²) in [5.74, 6) is -0.0338. The van der Waals surface area contributed by atoms with Crippen molar-refractivity contribution in [2.24, 2.45) is 5.73 Å². The van der Waals surface area contributed by atoms with E-state index < -0.39 is 5.97 Å². The van der Waals surface area contributed by atoms with Crippen molar-refractivity contribution >= 4 is 5.97 Å². The number of carboxylic acid groups (broad SMARTS) is 1. The van der Waals surface area contributed by atoms with Gasteiger partial charge in [0, 0.05) is 24.6 Å². The number of para-hydroxylation sites is 1. The minimum atomic E-state index is -0.822. The predicted molar refractivity (Wildman–Crippen MR) is 81.4 cm³/mol. The molecule has 0 amide bonds.